The van der Waals surface area contributed by atoms with Crippen LogP contribution < -0.4 is 19.8 Å². The molecule has 9 heteroatoms. The van der Waals surface area contributed by atoms with E-state index < -0.39 is 17.4 Å². The largest absolute Gasteiger partial charge is 0.511 e. The summed E-state index contributed by atoms with van der Waals surface area (Å²) in [7, 11) is 5.54. The van der Waals surface area contributed by atoms with Crippen molar-refractivity contribution in [2.75, 3.05) is 39.2 Å². The van der Waals surface area contributed by atoms with E-state index in [9.17, 15) is 9.59 Å². The molecule has 1 aromatic heterocycles. The molecule has 1 N–H and O–H groups in total. The summed E-state index contributed by atoms with van der Waals surface area (Å²) in [5, 5.41) is 9.04. The average molecular weight is 433 g/mol. The van der Waals surface area contributed by atoms with Crippen LogP contribution in [0.4, 0.5) is 14.9 Å². The summed E-state index contributed by atoms with van der Waals surface area (Å²) in [6, 6.07) is 1.62. The van der Waals surface area contributed by atoms with E-state index >= 15 is 4.39 Å². The highest BCUT2D eigenvalue weighted by Crippen LogP contribution is 2.45. The van der Waals surface area contributed by atoms with Crippen molar-refractivity contribution in [1.29, 1.82) is 0 Å². The normalized spacial score (nSPS) is 19.8. The molecule has 4 rings (SSSR count). The van der Waals surface area contributed by atoms with E-state index in [1.54, 1.807) is 4.57 Å². The number of fused-ring (bicyclic) bond motifs is 1. The van der Waals surface area contributed by atoms with Gasteiger partial charge in [-0.05, 0) is 52.3 Å². The summed E-state index contributed by atoms with van der Waals surface area (Å²) in [5.41, 5.74) is 0.163. The van der Waals surface area contributed by atoms with E-state index in [1.165, 1.54) is 19.4 Å². The van der Waals surface area contributed by atoms with Crippen LogP contribution in [0.1, 0.15) is 32.2 Å². The van der Waals surface area contributed by atoms with Crippen LogP contribution in [-0.2, 0) is 0 Å². The van der Waals surface area contributed by atoms with Crippen LogP contribution in [0.3, 0.4) is 0 Å². The van der Waals surface area contributed by atoms with Crippen LogP contribution in [-0.4, -0.2) is 61.1 Å². The number of aromatic nitrogens is 1. The smallest absolute Gasteiger partial charge is 0.492 e. The summed E-state index contributed by atoms with van der Waals surface area (Å²) in [6.07, 6.45) is 2.52. The molecule has 1 aliphatic heterocycles. The van der Waals surface area contributed by atoms with Crippen molar-refractivity contribution in [3.8, 4) is 11.5 Å². The van der Waals surface area contributed by atoms with Gasteiger partial charge in [-0.25, -0.2) is 9.18 Å². The molecule has 0 radical (unpaired) electrons. The monoisotopic (exact) mass is 433 g/mol. The van der Waals surface area contributed by atoms with Crippen molar-refractivity contribution >= 4 is 22.7 Å². The Kier molecular flexibility index (Phi) is 5.55. The van der Waals surface area contributed by atoms with Gasteiger partial charge in [-0.2, -0.15) is 0 Å². The maximum Gasteiger partial charge on any atom is 0.511 e. The van der Waals surface area contributed by atoms with Crippen molar-refractivity contribution in [3.63, 3.8) is 0 Å². The first-order valence-electron chi connectivity index (χ1n) is 10.5. The van der Waals surface area contributed by atoms with Gasteiger partial charge in [-0.1, -0.05) is 0 Å². The summed E-state index contributed by atoms with van der Waals surface area (Å²) >= 11 is 0. The van der Waals surface area contributed by atoms with Gasteiger partial charge in [0.2, 0.25) is 5.43 Å². The Morgan fingerprint density at radius 3 is 2.61 bits per heavy atom. The lowest BCUT2D eigenvalue weighted by atomic mass is 10.00. The van der Waals surface area contributed by atoms with Crippen LogP contribution in [0.5, 0.6) is 11.5 Å². The zero-order valence-electron chi connectivity index (χ0n) is 18.2. The van der Waals surface area contributed by atoms with Gasteiger partial charge in [0, 0.05) is 25.2 Å². The van der Waals surface area contributed by atoms with E-state index in [1.807, 2.05) is 19.0 Å². The van der Waals surface area contributed by atoms with Crippen LogP contribution >= 0.6 is 0 Å². The third-order valence-electron chi connectivity index (χ3n) is 6.54. The molecule has 0 spiro atoms. The number of carboxylic acid groups (broad SMARTS) is 1. The molecule has 31 heavy (non-hydrogen) atoms. The van der Waals surface area contributed by atoms with E-state index in [0.717, 1.165) is 19.3 Å². The number of nitrogens with zero attached hydrogens (tertiary/aromatic N) is 3. The molecule has 2 atom stereocenters. The Bertz CT molecular complexity index is 1080. The molecule has 8 nitrogen and oxygen atoms in total. The Morgan fingerprint density at radius 1 is 1.32 bits per heavy atom. The number of hydrogen-bond acceptors (Lipinski definition) is 6. The van der Waals surface area contributed by atoms with Gasteiger partial charge in [-0.3, -0.25) is 4.79 Å². The van der Waals surface area contributed by atoms with Crippen molar-refractivity contribution in [3.05, 3.63) is 28.3 Å². The lowest BCUT2D eigenvalue weighted by Gasteiger charge is -2.28. The number of pyridine rings is 1. The van der Waals surface area contributed by atoms with Crippen LogP contribution in [0.15, 0.2) is 17.1 Å². The SMILES string of the molecule is COc1c(N2CC[C@@H]([C@H](C)N(C)C)C2)c(F)cc2c(=O)c(OC(=O)O)cn(C3CC3)c12. The first-order valence-corrected chi connectivity index (χ1v) is 10.5. The van der Waals surface area contributed by atoms with Crippen molar-refractivity contribution < 1.29 is 23.8 Å². The molecular formula is C22H28FN3O5. The minimum absolute atomic E-state index is 0.0566. The number of halogens is 1. The van der Waals surface area contributed by atoms with Crippen LogP contribution in [0.2, 0.25) is 0 Å². The molecule has 1 saturated carbocycles. The number of benzene rings is 1. The molecule has 2 heterocycles. The quantitative estimate of drug-likeness (QED) is 0.700. The van der Waals surface area contributed by atoms with Gasteiger partial charge >= 0.3 is 6.16 Å². The van der Waals surface area contributed by atoms with Gasteiger partial charge in [0.1, 0.15) is 5.69 Å². The number of rotatable bonds is 6. The van der Waals surface area contributed by atoms with Gasteiger partial charge in [0.25, 0.3) is 0 Å². The summed E-state index contributed by atoms with van der Waals surface area (Å²) in [4.78, 5) is 28.1. The predicted octanol–water partition coefficient (Wildman–Crippen LogP) is 3.32. The topological polar surface area (TPSA) is 84.2 Å². The number of anilines is 1. The first kappa shape index (κ1) is 21.4. The number of ether oxygens (including phenoxy) is 2. The van der Waals surface area contributed by atoms with E-state index in [0.29, 0.717) is 42.0 Å². The molecule has 2 aliphatic rings. The fourth-order valence-corrected chi connectivity index (χ4v) is 4.52. The van der Waals surface area contributed by atoms with Gasteiger partial charge in [-0.15, -0.1) is 0 Å². The van der Waals surface area contributed by atoms with E-state index in [4.69, 9.17) is 9.84 Å². The average Bonchev–Trinajstić information content (AvgIpc) is 3.45. The van der Waals surface area contributed by atoms with Crippen molar-refractivity contribution in [2.24, 2.45) is 5.92 Å². The van der Waals surface area contributed by atoms with Gasteiger partial charge in [0.05, 0.1) is 24.2 Å². The van der Waals surface area contributed by atoms with Crippen molar-refractivity contribution in [1.82, 2.24) is 9.47 Å². The third kappa shape index (κ3) is 3.82. The molecule has 1 saturated heterocycles. The number of hydrogen-bond donors (Lipinski definition) is 1. The summed E-state index contributed by atoms with van der Waals surface area (Å²) < 4.78 is 27.6. The zero-order valence-corrected chi connectivity index (χ0v) is 18.2. The standard InChI is InChI=1S/C22H28FN3O5/c1-12(24(2)3)13-7-8-25(10-13)19-16(23)9-15-18(21(19)30-4)26(14-5-6-14)11-17(20(15)27)31-22(28)29/h9,11-14H,5-8,10H2,1-4H3,(H,28,29)/t12-,13+/m0/s1. The van der Waals surface area contributed by atoms with Crippen LogP contribution in [0, 0.1) is 11.7 Å². The fourth-order valence-electron chi connectivity index (χ4n) is 4.52. The van der Waals surface area contributed by atoms with Gasteiger partial charge < -0.3 is 28.9 Å². The Balaban J connectivity index is 1.87. The second-order valence-corrected chi connectivity index (χ2v) is 8.66. The minimum Gasteiger partial charge on any atom is -0.492 e. The summed E-state index contributed by atoms with van der Waals surface area (Å²) in [6.45, 7) is 3.54. The molecule has 1 aromatic carbocycles. The molecule has 0 amide bonds. The summed E-state index contributed by atoms with van der Waals surface area (Å²) in [5.74, 6) is -0.206. The molecule has 0 unspecified atom stereocenters. The predicted molar refractivity (Wildman–Crippen MR) is 115 cm³/mol. The van der Waals surface area contributed by atoms with Crippen molar-refractivity contribution in [2.45, 2.75) is 38.3 Å². The molecule has 2 fully saturated rings. The highest BCUT2D eigenvalue weighted by Gasteiger charge is 2.34. The Morgan fingerprint density at radius 2 is 2.03 bits per heavy atom. The highest BCUT2D eigenvalue weighted by molar-refractivity contribution is 5.92. The van der Waals surface area contributed by atoms with E-state index in [-0.39, 0.29) is 17.2 Å². The Labute approximate surface area is 179 Å². The van der Waals surface area contributed by atoms with Crippen LogP contribution in [0.25, 0.3) is 10.9 Å². The Hall–Kier alpha value is -2.81. The maximum absolute atomic E-state index is 15.4. The first-order chi connectivity index (χ1) is 14.7. The molecule has 1 aliphatic carbocycles. The molecule has 0 bridgehead atoms. The number of carbonyl (C=O) groups is 1. The maximum atomic E-state index is 15.4. The molecule has 168 valence electrons. The lowest BCUT2D eigenvalue weighted by molar-refractivity contribution is 0.143. The zero-order chi connectivity index (χ0) is 22.4. The minimum atomic E-state index is -1.58. The van der Waals surface area contributed by atoms with Gasteiger partial charge in [0.15, 0.2) is 17.3 Å². The van der Waals surface area contributed by atoms with E-state index in [2.05, 4.69) is 16.6 Å². The third-order valence-corrected chi connectivity index (χ3v) is 6.54. The highest BCUT2D eigenvalue weighted by atomic mass is 19.1. The molecular weight excluding hydrogens is 405 g/mol. The number of methoxy groups -OCH3 is 1. The fraction of sp³-hybridized carbons (Fsp3) is 0.545. The second kappa shape index (κ2) is 8.03. The second-order valence-electron chi connectivity index (χ2n) is 8.66. The molecule has 2 aromatic rings. The lowest BCUT2D eigenvalue weighted by Crippen LogP contribution is -2.34.